The maximum atomic E-state index is 14.1. The highest BCUT2D eigenvalue weighted by molar-refractivity contribution is 5.88. The number of H-pyrrole nitrogens is 2. The molecule has 0 radical (unpaired) electrons. The first-order chi connectivity index (χ1) is 32.6. The first-order valence-electron chi connectivity index (χ1n) is 23.1. The predicted octanol–water partition coefficient (Wildman–Crippen LogP) is 9.50. The second-order valence-electron chi connectivity index (χ2n) is 18.7. The number of unbranched alkanes of at least 4 members (excludes halogenated alkanes) is 1. The second-order valence-corrected chi connectivity index (χ2v) is 18.7. The van der Waals surface area contributed by atoms with E-state index in [1.165, 1.54) is 0 Å². The quantitative estimate of drug-likeness (QED) is 0.0529. The van der Waals surface area contributed by atoms with Crippen LogP contribution in [0.4, 0.5) is 9.59 Å². The molecule has 352 valence electrons. The van der Waals surface area contributed by atoms with Crippen LogP contribution in [0.2, 0.25) is 0 Å². The number of likely N-dealkylation sites (tertiary alicyclic amines) is 1. The zero-order valence-corrected chi connectivity index (χ0v) is 39.5. The number of alkyl carbamates (subject to hydrolysis) is 2. The van der Waals surface area contributed by atoms with E-state index in [1.807, 2.05) is 79.0 Å². The molecule has 0 bridgehead atoms. The number of nitrogens with zero attached hydrogens (tertiary/aromatic N) is 3. The number of carbonyl (C=O) groups is 4. The lowest BCUT2D eigenvalue weighted by Gasteiger charge is -2.29. The Bertz CT molecular complexity index is 2710. The number of hydrogen-bond donors (Lipinski definition) is 5. The monoisotopic (exact) mass is 916 g/mol. The van der Waals surface area contributed by atoms with Crippen LogP contribution in [0.1, 0.15) is 119 Å². The number of imidazole rings is 2. The molecule has 1 fully saturated rings. The Labute approximate surface area is 398 Å². The summed E-state index contributed by atoms with van der Waals surface area (Å²) < 4.78 is 10.9. The van der Waals surface area contributed by atoms with Gasteiger partial charge in [0.25, 0.3) is 5.91 Å². The van der Waals surface area contributed by atoms with E-state index in [4.69, 9.17) is 9.47 Å². The lowest BCUT2D eigenvalue weighted by Crippen LogP contribution is -2.44. The molecule has 4 aromatic carbocycles. The van der Waals surface area contributed by atoms with Gasteiger partial charge in [-0.3, -0.25) is 9.59 Å². The Morgan fingerprint density at radius 3 is 1.88 bits per heavy atom. The second kappa shape index (κ2) is 21.8. The molecule has 7 rings (SSSR count). The highest BCUT2D eigenvalue weighted by Crippen LogP contribution is 2.33. The molecule has 1 aliphatic rings. The van der Waals surface area contributed by atoms with E-state index in [2.05, 4.69) is 72.0 Å². The van der Waals surface area contributed by atoms with Gasteiger partial charge in [-0.25, -0.2) is 19.6 Å². The van der Waals surface area contributed by atoms with E-state index in [1.54, 1.807) is 64.8 Å². The summed E-state index contributed by atoms with van der Waals surface area (Å²) in [5.74, 6) is 7.41. The van der Waals surface area contributed by atoms with Gasteiger partial charge in [0.1, 0.15) is 40.6 Å². The molecule has 4 amide bonds. The Balaban J connectivity index is 0.893. The van der Waals surface area contributed by atoms with E-state index in [9.17, 15) is 19.2 Å². The molecule has 2 unspecified atom stereocenters. The van der Waals surface area contributed by atoms with E-state index >= 15 is 0 Å². The number of aromatic nitrogens is 4. The zero-order chi connectivity index (χ0) is 48.3. The van der Waals surface area contributed by atoms with Gasteiger partial charge >= 0.3 is 12.2 Å². The number of aryl methyl sites for hydroxylation is 1. The lowest BCUT2D eigenvalue weighted by atomic mass is 10.0. The molecule has 0 aliphatic carbocycles. The zero-order valence-electron chi connectivity index (χ0n) is 39.5. The molecule has 3 heterocycles. The molecule has 0 spiro atoms. The van der Waals surface area contributed by atoms with Crippen LogP contribution in [0.5, 0.6) is 0 Å². The Kier molecular flexibility index (Phi) is 15.4. The van der Waals surface area contributed by atoms with Crippen molar-refractivity contribution in [1.29, 1.82) is 0 Å². The van der Waals surface area contributed by atoms with E-state index < -0.39 is 35.5 Å². The van der Waals surface area contributed by atoms with Crippen LogP contribution in [0.15, 0.2) is 122 Å². The van der Waals surface area contributed by atoms with Gasteiger partial charge in [-0.2, -0.15) is 0 Å². The summed E-state index contributed by atoms with van der Waals surface area (Å²) in [5.41, 5.74) is 5.49. The average molecular weight is 917 g/mol. The number of amides is 4. The van der Waals surface area contributed by atoms with Gasteiger partial charge in [-0.05, 0) is 113 Å². The molecule has 14 heteroatoms. The van der Waals surface area contributed by atoms with Crippen LogP contribution in [0.3, 0.4) is 0 Å². The van der Waals surface area contributed by atoms with Crippen molar-refractivity contribution < 1.29 is 28.7 Å². The number of carbonyl (C=O) groups excluding carboxylic acids is 4. The smallest absolute Gasteiger partial charge is 0.408 e. The minimum absolute atomic E-state index is 0.227. The molecule has 6 aromatic rings. The van der Waals surface area contributed by atoms with Crippen molar-refractivity contribution in [2.24, 2.45) is 0 Å². The third-order valence-corrected chi connectivity index (χ3v) is 11.1. The number of rotatable bonds is 14. The van der Waals surface area contributed by atoms with Gasteiger partial charge in [0.2, 0.25) is 5.91 Å². The standard InChI is InChI=1S/C54H60N8O6/c1-53(2,3)67-51(65)60-46(40-16-9-7-10-17-40)49(63)55-32-14-13-21-45-56-35-43(59-45)39-29-27-38(28-30-39)37-25-22-36(23-26-37)24-31-42-34-57-48(58-42)44-20-15-33-62(44)50(64)47(41-18-11-8-12-19-41)61-52(66)68-54(4,5)6/h7-12,16-19,22-23,25-30,34-35,44,46-47H,13-15,20-21,32-33H2,1-6H3,(H,55,63)(H,56,59)(H,57,58)(H,60,65)(H,61,66)/t44?,46?,47-/m1/s1. The minimum atomic E-state index is -0.913. The summed E-state index contributed by atoms with van der Waals surface area (Å²) in [6.45, 7) is 11.7. The first-order valence-corrected chi connectivity index (χ1v) is 23.1. The van der Waals surface area contributed by atoms with Crippen molar-refractivity contribution in [2.75, 3.05) is 13.1 Å². The van der Waals surface area contributed by atoms with Crippen LogP contribution in [-0.4, -0.2) is 73.1 Å². The number of nitrogens with one attached hydrogen (secondary N) is 5. The predicted molar refractivity (Wildman–Crippen MR) is 261 cm³/mol. The highest BCUT2D eigenvalue weighted by Gasteiger charge is 2.37. The van der Waals surface area contributed by atoms with Crippen LogP contribution in [0.25, 0.3) is 22.4 Å². The Morgan fingerprint density at radius 2 is 1.26 bits per heavy atom. The third-order valence-electron chi connectivity index (χ3n) is 11.1. The van der Waals surface area contributed by atoms with E-state index in [0.29, 0.717) is 35.7 Å². The summed E-state index contributed by atoms with van der Waals surface area (Å²) in [6.07, 6.45) is 6.01. The molecule has 14 nitrogen and oxygen atoms in total. The van der Waals surface area contributed by atoms with Gasteiger partial charge in [-0.1, -0.05) is 103 Å². The fraction of sp³-hybridized carbons (Fsp3) is 0.333. The summed E-state index contributed by atoms with van der Waals surface area (Å²) in [4.78, 5) is 70.3. The number of hydrogen-bond acceptors (Lipinski definition) is 8. The fourth-order valence-corrected chi connectivity index (χ4v) is 7.87. The Morgan fingerprint density at radius 1 is 0.691 bits per heavy atom. The van der Waals surface area contributed by atoms with Gasteiger partial charge < -0.3 is 40.3 Å². The normalized spacial score (nSPS) is 14.5. The maximum Gasteiger partial charge on any atom is 0.408 e. The van der Waals surface area contributed by atoms with Crippen molar-refractivity contribution in [3.05, 3.63) is 156 Å². The van der Waals surface area contributed by atoms with E-state index in [-0.39, 0.29) is 17.9 Å². The van der Waals surface area contributed by atoms with Crippen LogP contribution in [-0.2, 0) is 25.5 Å². The molecule has 0 saturated carbocycles. The van der Waals surface area contributed by atoms with Gasteiger partial charge in [0.15, 0.2) is 0 Å². The molecule has 2 aromatic heterocycles. The molecule has 68 heavy (non-hydrogen) atoms. The highest BCUT2D eigenvalue weighted by atomic mass is 16.6. The van der Waals surface area contributed by atoms with Crippen molar-refractivity contribution in [2.45, 2.75) is 103 Å². The summed E-state index contributed by atoms with van der Waals surface area (Å²) >= 11 is 0. The van der Waals surface area contributed by atoms with Gasteiger partial charge in [0, 0.05) is 25.1 Å². The topological polar surface area (TPSA) is 183 Å². The van der Waals surface area contributed by atoms with E-state index in [0.717, 1.165) is 65.9 Å². The number of aromatic amines is 2. The fourth-order valence-electron chi connectivity index (χ4n) is 7.87. The summed E-state index contributed by atoms with van der Waals surface area (Å²) in [5, 5.41) is 8.47. The first kappa shape index (κ1) is 48.3. The molecule has 1 aliphatic heterocycles. The van der Waals surface area contributed by atoms with Gasteiger partial charge in [-0.15, -0.1) is 0 Å². The molecular weight excluding hydrogens is 857 g/mol. The summed E-state index contributed by atoms with van der Waals surface area (Å²) in [7, 11) is 0. The van der Waals surface area contributed by atoms with Gasteiger partial charge in [0.05, 0.1) is 24.1 Å². The Hall–Kier alpha value is -7.66. The third kappa shape index (κ3) is 13.5. The molecule has 5 N–H and O–H groups in total. The molecule has 3 atom stereocenters. The van der Waals surface area contributed by atoms with Crippen molar-refractivity contribution in [3.8, 4) is 34.2 Å². The van der Waals surface area contributed by atoms with Crippen molar-refractivity contribution >= 4 is 24.0 Å². The largest absolute Gasteiger partial charge is 0.444 e. The number of ether oxygens (including phenoxy) is 2. The SMILES string of the molecule is CC(C)(C)OC(=O)NC(C(=O)NCCCCc1ncc(-c2ccc(-c3ccc(C#Cc4cnc(C5CCCN5C(=O)[C@H](NC(=O)OC(C)(C)C)c5ccccc5)[nH]4)cc3)cc2)[nH]1)c1ccccc1. The molecule has 1 saturated heterocycles. The molecular formula is C54H60N8O6. The minimum Gasteiger partial charge on any atom is -0.444 e. The maximum absolute atomic E-state index is 14.1. The van der Waals surface area contributed by atoms with Crippen molar-refractivity contribution in [3.63, 3.8) is 0 Å². The summed E-state index contributed by atoms with van der Waals surface area (Å²) in [6, 6.07) is 32.6. The van der Waals surface area contributed by atoms with Crippen LogP contribution < -0.4 is 16.0 Å². The number of benzene rings is 4. The lowest BCUT2D eigenvalue weighted by molar-refractivity contribution is -0.134. The van der Waals surface area contributed by atoms with Crippen LogP contribution >= 0.6 is 0 Å². The van der Waals surface area contributed by atoms with Crippen molar-refractivity contribution in [1.82, 2.24) is 40.8 Å². The average Bonchev–Trinajstić information content (AvgIpc) is 4.11. The van der Waals surface area contributed by atoms with Crippen LogP contribution in [0, 0.1) is 11.8 Å².